The van der Waals surface area contributed by atoms with E-state index in [9.17, 15) is 15.0 Å². The number of aliphatic hydroxyl groups is 2. The summed E-state index contributed by atoms with van der Waals surface area (Å²) in [5.74, 6) is 3.74. The van der Waals surface area contributed by atoms with Crippen LogP contribution >= 0.6 is 0 Å². The Labute approximate surface area is 213 Å². The summed E-state index contributed by atoms with van der Waals surface area (Å²) in [7, 11) is 0. The van der Waals surface area contributed by atoms with E-state index in [2.05, 4.69) is 33.0 Å². The summed E-state index contributed by atoms with van der Waals surface area (Å²) in [5.41, 5.74) is 0.578. The lowest BCUT2D eigenvalue weighted by molar-refractivity contribution is -0.203. The van der Waals surface area contributed by atoms with Gasteiger partial charge >= 0.3 is 6.09 Å². The van der Waals surface area contributed by atoms with E-state index in [-0.39, 0.29) is 23.7 Å². The molecule has 0 aromatic carbocycles. The molecule has 0 aliphatic heterocycles. The van der Waals surface area contributed by atoms with Gasteiger partial charge in [0.2, 0.25) is 0 Å². The standard InChI is InChI=1S/C30H51NO4/c1-5-21-25-17-20(32)12-14-30(25,4)24-13-15-29(3)22(10-11-23(29)26(24)27(21)33)18(2)7-6-16-35-28(34)31-19-8-9-19/h18-27,32-33H,5-17H2,1-4H3,(H,31,34)/t18-,20-,21-,22-,23+,24+,25?,26?,27-,29-,30?/m1/s1. The van der Waals surface area contributed by atoms with Crippen LogP contribution in [0.1, 0.15) is 105 Å². The van der Waals surface area contributed by atoms with Gasteiger partial charge in [-0.05, 0) is 123 Å². The second-order valence-corrected chi connectivity index (χ2v) is 13.8. The van der Waals surface area contributed by atoms with E-state index >= 15 is 0 Å². The molecule has 3 N–H and O–H groups in total. The van der Waals surface area contributed by atoms with Crippen LogP contribution in [0.3, 0.4) is 0 Å². The van der Waals surface area contributed by atoms with Crippen molar-refractivity contribution in [2.75, 3.05) is 6.61 Å². The SMILES string of the molecule is CC[C@@H]1C2C[C@H](O)CCC2(C)[C@H]2CC[C@]3(C)[C@@H]([C@H](C)CCCOC(=O)NC4CC4)CC[C@H]3C2[C@@H]1O. The lowest BCUT2D eigenvalue weighted by atomic mass is 9.41. The molecule has 5 saturated carbocycles. The van der Waals surface area contributed by atoms with Gasteiger partial charge in [-0.2, -0.15) is 0 Å². The molecule has 3 unspecified atom stereocenters. The van der Waals surface area contributed by atoms with Gasteiger partial charge in [0, 0.05) is 6.04 Å². The van der Waals surface area contributed by atoms with Gasteiger partial charge in [-0.3, -0.25) is 0 Å². The molecular formula is C30H51NO4. The summed E-state index contributed by atoms with van der Waals surface area (Å²) in [6.07, 6.45) is 12.6. The molecule has 11 atom stereocenters. The fraction of sp³-hybridized carbons (Fsp3) is 0.967. The Kier molecular flexibility index (Phi) is 7.24. The van der Waals surface area contributed by atoms with Crippen LogP contribution in [0.25, 0.3) is 0 Å². The van der Waals surface area contributed by atoms with Gasteiger partial charge in [0.05, 0.1) is 18.8 Å². The molecule has 0 spiro atoms. The van der Waals surface area contributed by atoms with Crippen molar-refractivity contribution >= 4 is 6.09 Å². The van der Waals surface area contributed by atoms with E-state index in [1.165, 1.54) is 25.7 Å². The molecule has 5 aliphatic carbocycles. The highest BCUT2D eigenvalue weighted by Gasteiger charge is 2.64. The summed E-state index contributed by atoms with van der Waals surface area (Å²) in [6.45, 7) is 10.3. The van der Waals surface area contributed by atoms with Gasteiger partial charge in [-0.15, -0.1) is 0 Å². The van der Waals surface area contributed by atoms with E-state index in [1.54, 1.807) is 0 Å². The molecule has 0 bridgehead atoms. The first-order valence-electron chi connectivity index (χ1n) is 15.0. The van der Waals surface area contributed by atoms with Crippen molar-refractivity contribution in [2.45, 2.75) is 123 Å². The number of carbonyl (C=O) groups excluding carboxylic acids is 1. The Hall–Kier alpha value is -0.810. The average Bonchev–Trinajstić information content (AvgIpc) is 3.56. The molecule has 0 saturated heterocycles. The Morgan fingerprint density at radius 2 is 1.71 bits per heavy atom. The topological polar surface area (TPSA) is 78.8 Å². The van der Waals surface area contributed by atoms with Crippen LogP contribution in [0.15, 0.2) is 0 Å². The first-order chi connectivity index (χ1) is 16.7. The van der Waals surface area contributed by atoms with Crippen LogP contribution in [-0.4, -0.2) is 41.2 Å². The third-order valence-electron chi connectivity index (χ3n) is 12.1. The molecule has 5 heteroatoms. The maximum Gasteiger partial charge on any atom is 0.407 e. The summed E-state index contributed by atoms with van der Waals surface area (Å²) in [6, 6.07) is 0.352. The third kappa shape index (κ3) is 4.56. The van der Waals surface area contributed by atoms with Gasteiger partial charge in [0.15, 0.2) is 0 Å². The maximum atomic E-state index is 11.8. The molecule has 35 heavy (non-hydrogen) atoms. The molecule has 0 aromatic rings. The summed E-state index contributed by atoms with van der Waals surface area (Å²) in [5, 5.41) is 25.2. The minimum Gasteiger partial charge on any atom is -0.450 e. The van der Waals surface area contributed by atoms with Crippen molar-refractivity contribution in [1.82, 2.24) is 5.32 Å². The molecule has 5 rings (SSSR count). The number of carbonyl (C=O) groups is 1. The van der Waals surface area contributed by atoms with Crippen LogP contribution in [0.2, 0.25) is 0 Å². The molecule has 5 aliphatic rings. The fourth-order valence-corrected chi connectivity index (χ4v) is 10.1. The molecule has 0 heterocycles. The number of hydrogen-bond acceptors (Lipinski definition) is 4. The first-order valence-corrected chi connectivity index (χ1v) is 15.0. The van der Waals surface area contributed by atoms with E-state index in [4.69, 9.17) is 4.74 Å². The minimum absolute atomic E-state index is 0.180. The summed E-state index contributed by atoms with van der Waals surface area (Å²) >= 11 is 0. The van der Waals surface area contributed by atoms with Crippen molar-refractivity contribution in [3.63, 3.8) is 0 Å². The van der Waals surface area contributed by atoms with E-state index in [0.717, 1.165) is 51.4 Å². The molecule has 200 valence electrons. The third-order valence-corrected chi connectivity index (χ3v) is 12.1. The van der Waals surface area contributed by atoms with E-state index in [1.807, 2.05) is 0 Å². The van der Waals surface area contributed by atoms with Gasteiger partial charge in [0.25, 0.3) is 0 Å². The number of aliphatic hydroxyl groups excluding tert-OH is 2. The van der Waals surface area contributed by atoms with Crippen molar-refractivity contribution in [1.29, 1.82) is 0 Å². The molecule has 0 aromatic heterocycles. The Balaban J connectivity index is 1.24. The van der Waals surface area contributed by atoms with Gasteiger partial charge in [-0.1, -0.05) is 34.1 Å². The van der Waals surface area contributed by atoms with Crippen LogP contribution in [0.5, 0.6) is 0 Å². The number of alkyl carbamates (subject to hydrolysis) is 1. The van der Waals surface area contributed by atoms with Crippen LogP contribution in [0, 0.1) is 52.3 Å². The zero-order valence-corrected chi connectivity index (χ0v) is 22.7. The number of hydrogen-bond donors (Lipinski definition) is 3. The predicted octanol–water partition coefficient (Wildman–Crippen LogP) is 5.92. The molecule has 0 radical (unpaired) electrons. The molecule has 1 amide bonds. The largest absolute Gasteiger partial charge is 0.450 e. The number of nitrogens with one attached hydrogen (secondary N) is 1. The highest BCUT2D eigenvalue weighted by atomic mass is 16.5. The number of fused-ring (bicyclic) bond motifs is 5. The zero-order valence-electron chi connectivity index (χ0n) is 22.7. The van der Waals surface area contributed by atoms with Gasteiger partial charge in [-0.25, -0.2) is 4.79 Å². The number of ether oxygens (including phenoxy) is 1. The van der Waals surface area contributed by atoms with Gasteiger partial charge < -0.3 is 20.3 Å². The van der Waals surface area contributed by atoms with E-state index in [0.29, 0.717) is 59.5 Å². The monoisotopic (exact) mass is 489 g/mol. The summed E-state index contributed by atoms with van der Waals surface area (Å²) in [4.78, 5) is 11.8. The van der Waals surface area contributed by atoms with Crippen molar-refractivity contribution < 1.29 is 19.7 Å². The molecule has 5 nitrogen and oxygen atoms in total. The highest BCUT2D eigenvalue weighted by molar-refractivity contribution is 5.67. The van der Waals surface area contributed by atoms with Crippen molar-refractivity contribution in [2.24, 2.45) is 52.3 Å². The second kappa shape index (κ2) is 9.82. The van der Waals surface area contributed by atoms with Crippen molar-refractivity contribution in [3.8, 4) is 0 Å². The van der Waals surface area contributed by atoms with Crippen molar-refractivity contribution in [3.05, 3.63) is 0 Å². The Morgan fingerprint density at radius 3 is 2.43 bits per heavy atom. The normalized spacial score (nSPS) is 47.8. The zero-order chi connectivity index (χ0) is 25.0. The first kappa shape index (κ1) is 25.8. The predicted molar refractivity (Wildman–Crippen MR) is 138 cm³/mol. The second-order valence-electron chi connectivity index (χ2n) is 13.8. The number of amides is 1. The van der Waals surface area contributed by atoms with Crippen LogP contribution in [0.4, 0.5) is 4.79 Å². The minimum atomic E-state index is -0.245. The Morgan fingerprint density at radius 1 is 1.00 bits per heavy atom. The Bertz CT molecular complexity index is 769. The van der Waals surface area contributed by atoms with Gasteiger partial charge in [0.1, 0.15) is 0 Å². The van der Waals surface area contributed by atoms with E-state index < -0.39 is 0 Å². The summed E-state index contributed by atoms with van der Waals surface area (Å²) < 4.78 is 5.41. The number of rotatable bonds is 7. The highest BCUT2D eigenvalue weighted by Crippen LogP contribution is 2.69. The smallest absolute Gasteiger partial charge is 0.407 e. The lowest BCUT2D eigenvalue weighted by Crippen LogP contribution is -2.62. The quantitative estimate of drug-likeness (QED) is 0.388. The maximum absolute atomic E-state index is 11.8. The van der Waals surface area contributed by atoms with Crippen LogP contribution in [-0.2, 0) is 4.74 Å². The lowest BCUT2D eigenvalue weighted by Gasteiger charge is -2.64. The average molecular weight is 490 g/mol. The molecule has 5 fully saturated rings. The fourth-order valence-electron chi connectivity index (χ4n) is 10.1. The molecular weight excluding hydrogens is 438 g/mol. The van der Waals surface area contributed by atoms with Crippen LogP contribution < -0.4 is 5.32 Å².